The lowest BCUT2D eigenvalue weighted by Crippen LogP contribution is -2.28. The highest BCUT2D eigenvalue weighted by Gasteiger charge is 2.41. The van der Waals surface area contributed by atoms with Gasteiger partial charge in [-0.1, -0.05) is 20.3 Å². The number of ether oxygens (including phenoxy) is 1. The van der Waals surface area contributed by atoms with Gasteiger partial charge in [0.25, 0.3) is 0 Å². The van der Waals surface area contributed by atoms with Gasteiger partial charge in [0, 0.05) is 25.0 Å². The molecule has 0 radical (unpaired) electrons. The molecule has 14 heavy (non-hydrogen) atoms. The van der Waals surface area contributed by atoms with E-state index in [1.807, 2.05) is 0 Å². The average molecular weight is 202 g/mol. The van der Waals surface area contributed by atoms with Gasteiger partial charge in [-0.25, -0.2) is 0 Å². The summed E-state index contributed by atoms with van der Waals surface area (Å²) in [6.45, 7) is 4.44. The highest BCUT2D eigenvalue weighted by atomic mass is 16.5. The van der Waals surface area contributed by atoms with Crippen molar-refractivity contribution in [3.63, 3.8) is 0 Å². The molecule has 0 saturated carbocycles. The molecule has 1 aliphatic heterocycles. The third-order valence-corrected chi connectivity index (χ3v) is 3.25. The van der Waals surface area contributed by atoms with Gasteiger partial charge in [-0.05, 0) is 12.8 Å². The van der Waals surface area contributed by atoms with Crippen LogP contribution in [0.2, 0.25) is 0 Å². The van der Waals surface area contributed by atoms with Gasteiger partial charge in [0.1, 0.15) is 0 Å². The molecule has 1 aliphatic rings. The molecule has 84 valence electrons. The van der Waals surface area contributed by atoms with Gasteiger partial charge in [-0.15, -0.1) is 0 Å². The van der Waals surface area contributed by atoms with Crippen LogP contribution in [0.4, 0.5) is 0 Å². The Balaban J connectivity index is 2.62. The van der Waals surface area contributed by atoms with E-state index in [0.717, 1.165) is 19.3 Å². The number of hydrogen-bond acceptors (Lipinski definition) is 3. The maximum atomic E-state index is 9.29. The van der Waals surface area contributed by atoms with Gasteiger partial charge in [-0.3, -0.25) is 0 Å². The molecule has 0 aliphatic carbocycles. The summed E-state index contributed by atoms with van der Waals surface area (Å²) in [5, 5.41) is 18.6. The van der Waals surface area contributed by atoms with Gasteiger partial charge in [0.15, 0.2) is 0 Å². The molecule has 0 spiro atoms. The van der Waals surface area contributed by atoms with E-state index in [0.29, 0.717) is 0 Å². The molecule has 4 atom stereocenters. The molecule has 0 aromatic heterocycles. The van der Waals surface area contributed by atoms with Crippen LogP contribution < -0.4 is 0 Å². The second kappa shape index (κ2) is 5.69. The lowest BCUT2D eigenvalue weighted by molar-refractivity contribution is 0.0145. The van der Waals surface area contributed by atoms with Gasteiger partial charge in [0.2, 0.25) is 0 Å². The number of rotatable bonds is 5. The lowest BCUT2D eigenvalue weighted by atomic mass is 9.86. The van der Waals surface area contributed by atoms with E-state index in [1.54, 1.807) is 0 Å². The normalized spacial score (nSPS) is 37.7. The summed E-state index contributed by atoms with van der Waals surface area (Å²) in [5.41, 5.74) is 0. The quantitative estimate of drug-likeness (QED) is 0.704. The maximum Gasteiger partial charge on any atom is 0.0633 e. The Morgan fingerprint density at radius 1 is 1.00 bits per heavy atom. The van der Waals surface area contributed by atoms with E-state index < -0.39 is 0 Å². The Hall–Kier alpha value is -0.120. The fraction of sp³-hybridized carbons (Fsp3) is 1.00. The SMILES string of the molecule is CCCC1OC(CC)C(CO)C1CO. The van der Waals surface area contributed by atoms with Crippen LogP contribution in [0.25, 0.3) is 0 Å². The van der Waals surface area contributed by atoms with Gasteiger partial charge in [0.05, 0.1) is 12.2 Å². The highest BCUT2D eigenvalue weighted by molar-refractivity contribution is 4.88. The topological polar surface area (TPSA) is 49.7 Å². The lowest BCUT2D eigenvalue weighted by Gasteiger charge is -2.19. The van der Waals surface area contributed by atoms with Crippen molar-refractivity contribution in [3.05, 3.63) is 0 Å². The smallest absolute Gasteiger partial charge is 0.0633 e. The third kappa shape index (κ3) is 2.27. The summed E-state index contributed by atoms with van der Waals surface area (Å²) < 4.78 is 5.84. The monoisotopic (exact) mass is 202 g/mol. The molecule has 1 heterocycles. The fourth-order valence-electron chi connectivity index (χ4n) is 2.45. The van der Waals surface area contributed by atoms with Crippen LogP contribution in [0.5, 0.6) is 0 Å². The molecule has 0 aromatic rings. The zero-order valence-electron chi connectivity index (χ0n) is 9.15. The zero-order chi connectivity index (χ0) is 10.6. The van der Waals surface area contributed by atoms with Crippen molar-refractivity contribution in [2.24, 2.45) is 11.8 Å². The Bertz CT molecular complexity index is 161. The average Bonchev–Trinajstić information content (AvgIpc) is 2.55. The van der Waals surface area contributed by atoms with Crippen molar-refractivity contribution < 1.29 is 14.9 Å². The van der Waals surface area contributed by atoms with Crippen LogP contribution in [0.15, 0.2) is 0 Å². The van der Waals surface area contributed by atoms with Crippen molar-refractivity contribution >= 4 is 0 Å². The number of hydrogen-bond donors (Lipinski definition) is 2. The molecule has 0 amide bonds. The molecular formula is C11H22O3. The Morgan fingerprint density at radius 2 is 1.57 bits per heavy atom. The molecular weight excluding hydrogens is 180 g/mol. The van der Waals surface area contributed by atoms with Crippen LogP contribution in [-0.2, 0) is 4.74 Å². The molecule has 1 rings (SSSR count). The van der Waals surface area contributed by atoms with Crippen molar-refractivity contribution in [3.8, 4) is 0 Å². The second-order valence-corrected chi connectivity index (χ2v) is 4.10. The van der Waals surface area contributed by atoms with Gasteiger partial charge < -0.3 is 14.9 Å². The molecule has 1 saturated heterocycles. The van der Waals surface area contributed by atoms with Crippen LogP contribution in [-0.4, -0.2) is 35.6 Å². The molecule has 3 heteroatoms. The van der Waals surface area contributed by atoms with Gasteiger partial charge >= 0.3 is 0 Å². The van der Waals surface area contributed by atoms with E-state index in [4.69, 9.17) is 4.74 Å². The first kappa shape index (κ1) is 12.0. The maximum absolute atomic E-state index is 9.29. The van der Waals surface area contributed by atoms with Crippen LogP contribution in [0, 0.1) is 11.8 Å². The van der Waals surface area contributed by atoms with Crippen molar-refractivity contribution in [2.75, 3.05) is 13.2 Å². The molecule has 4 unspecified atom stereocenters. The summed E-state index contributed by atoms with van der Waals surface area (Å²) in [5.74, 6) is 0.256. The van der Waals surface area contributed by atoms with E-state index >= 15 is 0 Å². The largest absolute Gasteiger partial charge is 0.396 e. The molecule has 0 aromatic carbocycles. The fourth-order valence-corrected chi connectivity index (χ4v) is 2.45. The zero-order valence-corrected chi connectivity index (χ0v) is 9.15. The summed E-state index contributed by atoms with van der Waals surface area (Å²) in [7, 11) is 0. The van der Waals surface area contributed by atoms with Crippen molar-refractivity contribution in [1.29, 1.82) is 0 Å². The van der Waals surface area contributed by atoms with Crippen LogP contribution in [0.1, 0.15) is 33.1 Å². The van der Waals surface area contributed by atoms with E-state index in [-0.39, 0.29) is 37.3 Å². The van der Waals surface area contributed by atoms with Gasteiger partial charge in [-0.2, -0.15) is 0 Å². The highest BCUT2D eigenvalue weighted by Crippen LogP contribution is 2.35. The first-order valence-corrected chi connectivity index (χ1v) is 5.65. The standard InChI is InChI=1S/C11H22O3/c1-3-5-11-9(7-13)8(6-12)10(4-2)14-11/h8-13H,3-7H2,1-2H3. The molecule has 3 nitrogen and oxygen atoms in total. The van der Waals surface area contributed by atoms with Crippen LogP contribution in [0.3, 0.4) is 0 Å². The summed E-state index contributed by atoms with van der Waals surface area (Å²) in [4.78, 5) is 0. The molecule has 2 N–H and O–H groups in total. The van der Waals surface area contributed by atoms with E-state index in [2.05, 4.69) is 13.8 Å². The van der Waals surface area contributed by atoms with E-state index in [9.17, 15) is 10.2 Å². The minimum absolute atomic E-state index is 0.126. The summed E-state index contributed by atoms with van der Waals surface area (Å²) in [6.07, 6.45) is 3.25. The Labute approximate surface area is 86.1 Å². The number of aliphatic hydroxyl groups excluding tert-OH is 2. The van der Waals surface area contributed by atoms with Crippen molar-refractivity contribution in [2.45, 2.75) is 45.3 Å². The van der Waals surface area contributed by atoms with E-state index in [1.165, 1.54) is 0 Å². The summed E-state index contributed by atoms with van der Waals surface area (Å²) in [6, 6.07) is 0. The first-order valence-electron chi connectivity index (χ1n) is 5.65. The van der Waals surface area contributed by atoms with Crippen LogP contribution >= 0.6 is 0 Å². The Kier molecular flexibility index (Phi) is 4.85. The van der Waals surface area contributed by atoms with Crippen molar-refractivity contribution in [1.82, 2.24) is 0 Å². The number of aliphatic hydroxyl groups is 2. The molecule has 1 fully saturated rings. The second-order valence-electron chi connectivity index (χ2n) is 4.10. The predicted octanol–water partition coefficient (Wildman–Crippen LogP) is 1.18. The first-order chi connectivity index (χ1) is 6.78. The Morgan fingerprint density at radius 3 is 2.00 bits per heavy atom. The minimum Gasteiger partial charge on any atom is -0.396 e. The third-order valence-electron chi connectivity index (χ3n) is 3.25. The predicted molar refractivity (Wildman–Crippen MR) is 55.0 cm³/mol. The minimum atomic E-state index is 0.126. The summed E-state index contributed by atoms with van der Waals surface area (Å²) >= 11 is 0. The molecule has 0 bridgehead atoms.